The molecule has 0 aliphatic rings. The molecule has 1 heterocycles. The molecule has 0 unspecified atom stereocenters. The lowest BCUT2D eigenvalue weighted by Gasteiger charge is -2.28. The number of thiazole rings is 1. The quantitative estimate of drug-likeness (QED) is 0.681. The van der Waals surface area contributed by atoms with Crippen LogP contribution in [0.1, 0.15) is 71.0 Å². The topological polar surface area (TPSA) is 45.2 Å². The highest BCUT2D eigenvalue weighted by molar-refractivity contribution is 7.09. The van der Waals surface area contributed by atoms with Crippen molar-refractivity contribution in [2.24, 2.45) is 0 Å². The van der Waals surface area contributed by atoms with Gasteiger partial charge in [-0.15, -0.1) is 11.3 Å². The highest BCUT2D eigenvalue weighted by atomic mass is 32.1. The summed E-state index contributed by atoms with van der Waals surface area (Å²) >= 11 is 1.69. The van der Waals surface area contributed by atoms with Gasteiger partial charge in [0.25, 0.3) is 0 Å². The lowest BCUT2D eigenvalue weighted by molar-refractivity contribution is 0.423. The first-order chi connectivity index (χ1) is 11.5. The summed E-state index contributed by atoms with van der Waals surface area (Å²) in [5, 5.41) is 17.5. The lowest BCUT2D eigenvalue weighted by atomic mass is 9.78. The fraction of sp³-hybridized carbons (Fsp3) is 0.571. The molecule has 1 aromatic heterocycles. The molecule has 4 heteroatoms. The van der Waals surface area contributed by atoms with Crippen LogP contribution in [0.2, 0.25) is 0 Å². The first-order valence-electron chi connectivity index (χ1n) is 9.07. The second-order valence-corrected chi connectivity index (χ2v) is 9.67. The molecule has 0 atom stereocenters. The van der Waals surface area contributed by atoms with E-state index in [1.165, 1.54) is 0 Å². The molecule has 0 spiro atoms. The Morgan fingerprint density at radius 2 is 1.60 bits per heavy atom. The number of aromatic hydroxyl groups is 1. The van der Waals surface area contributed by atoms with Crippen molar-refractivity contribution in [3.63, 3.8) is 0 Å². The zero-order chi connectivity index (χ0) is 18.8. The number of benzene rings is 1. The average Bonchev–Trinajstić information content (AvgIpc) is 2.94. The van der Waals surface area contributed by atoms with E-state index >= 15 is 0 Å². The number of hydrogen-bond donors (Lipinski definition) is 2. The van der Waals surface area contributed by atoms with Gasteiger partial charge in [0.15, 0.2) is 0 Å². The Hall–Kier alpha value is -1.39. The number of hydrogen-bond acceptors (Lipinski definition) is 4. The number of phenols is 1. The van der Waals surface area contributed by atoms with E-state index in [2.05, 4.69) is 71.3 Å². The minimum absolute atomic E-state index is 0.123. The van der Waals surface area contributed by atoms with E-state index in [4.69, 9.17) is 4.98 Å². The Morgan fingerprint density at radius 1 is 1.04 bits per heavy atom. The van der Waals surface area contributed by atoms with E-state index in [9.17, 15) is 5.11 Å². The summed E-state index contributed by atoms with van der Waals surface area (Å²) in [6.07, 6.45) is 1.13. The van der Waals surface area contributed by atoms with E-state index in [1.807, 2.05) is 0 Å². The maximum Gasteiger partial charge on any atom is 0.123 e. The van der Waals surface area contributed by atoms with Crippen molar-refractivity contribution in [1.29, 1.82) is 0 Å². The summed E-state index contributed by atoms with van der Waals surface area (Å²) in [5.41, 5.74) is 3.80. The van der Waals surface area contributed by atoms with Gasteiger partial charge in [-0.2, -0.15) is 0 Å². The monoisotopic (exact) mass is 360 g/mol. The molecule has 2 aromatic rings. The van der Waals surface area contributed by atoms with Gasteiger partial charge in [0.2, 0.25) is 0 Å². The molecule has 0 saturated carbocycles. The normalized spacial score (nSPS) is 12.6. The fourth-order valence-corrected chi connectivity index (χ4v) is 3.60. The van der Waals surface area contributed by atoms with E-state index in [0.29, 0.717) is 5.75 Å². The number of nitrogens with zero attached hydrogens (tertiary/aromatic N) is 1. The Morgan fingerprint density at radius 3 is 2.08 bits per heavy atom. The van der Waals surface area contributed by atoms with Crippen LogP contribution in [0.4, 0.5) is 0 Å². The molecule has 0 bridgehead atoms. The van der Waals surface area contributed by atoms with Crippen LogP contribution in [0.5, 0.6) is 5.75 Å². The molecule has 25 heavy (non-hydrogen) atoms. The zero-order valence-electron chi connectivity index (χ0n) is 16.7. The predicted octanol–water partition coefficient (Wildman–Crippen LogP) is 5.61. The van der Waals surface area contributed by atoms with Gasteiger partial charge in [-0.05, 0) is 35.9 Å². The number of nitrogens with one attached hydrogen (secondary N) is 1. The Bertz CT molecular complexity index is 685. The summed E-state index contributed by atoms with van der Waals surface area (Å²) in [7, 11) is 0. The van der Waals surface area contributed by atoms with E-state index < -0.39 is 0 Å². The molecular formula is C21H32N2OS. The minimum Gasteiger partial charge on any atom is -0.507 e. The lowest BCUT2D eigenvalue weighted by Crippen LogP contribution is -2.17. The van der Waals surface area contributed by atoms with Gasteiger partial charge in [0.05, 0.1) is 5.69 Å². The van der Waals surface area contributed by atoms with Gasteiger partial charge in [-0.1, -0.05) is 48.5 Å². The molecular weight excluding hydrogens is 328 g/mol. The Labute approximate surface area is 156 Å². The third kappa shape index (κ3) is 4.83. The third-order valence-electron chi connectivity index (χ3n) is 4.28. The highest BCUT2D eigenvalue weighted by Gasteiger charge is 2.27. The van der Waals surface area contributed by atoms with Crippen LogP contribution in [-0.2, 0) is 17.4 Å². The van der Waals surface area contributed by atoms with Crippen LogP contribution < -0.4 is 5.32 Å². The molecule has 1 aromatic carbocycles. The van der Waals surface area contributed by atoms with Gasteiger partial charge in [-0.25, -0.2) is 4.98 Å². The molecule has 2 rings (SSSR count). The summed E-state index contributed by atoms with van der Waals surface area (Å²) in [6.45, 7) is 16.8. The molecule has 0 amide bonds. The average molecular weight is 361 g/mol. The minimum atomic E-state index is -0.123. The van der Waals surface area contributed by atoms with Crippen LogP contribution in [0.15, 0.2) is 17.5 Å². The second-order valence-electron chi connectivity index (χ2n) is 8.72. The van der Waals surface area contributed by atoms with Crippen molar-refractivity contribution in [3.05, 3.63) is 33.6 Å². The summed E-state index contributed by atoms with van der Waals surface area (Å²) in [6, 6.07) is 4.20. The predicted molar refractivity (Wildman–Crippen MR) is 109 cm³/mol. The van der Waals surface area contributed by atoms with E-state index in [1.54, 1.807) is 11.3 Å². The molecule has 0 radical (unpaired) electrons. The molecule has 0 aliphatic heterocycles. The molecule has 0 saturated heterocycles. The summed E-state index contributed by atoms with van der Waals surface area (Å²) in [4.78, 5) is 4.80. The Balaban J connectivity index is 2.48. The molecule has 2 N–H and O–H groups in total. The standard InChI is InChI=1S/C21H32N2OS/c1-8-9-22-12-18-23-17(13-25-18)14-10-15(20(2,3)4)19(24)16(11-14)21(5,6)7/h10-11,13,22,24H,8-9,12H2,1-7H3. The van der Waals surface area contributed by atoms with Crippen molar-refractivity contribution in [2.45, 2.75) is 72.3 Å². The first kappa shape index (κ1) is 19.9. The van der Waals surface area contributed by atoms with Crippen LogP contribution in [0.3, 0.4) is 0 Å². The second kappa shape index (κ2) is 7.46. The van der Waals surface area contributed by atoms with Crippen molar-refractivity contribution < 1.29 is 5.11 Å². The highest BCUT2D eigenvalue weighted by Crippen LogP contribution is 2.42. The zero-order valence-corrected chi connectivity index (χ0v) is 17.5. The van der Waals surface area contributed by atoms with Crippen LogP contribution in [-0.4, -0.2) is 16.6 Å². The smallest absolute Gasteiger partial charge is 0.123 e. The SMILES string of the molecule is CCCNCc1nc(-c2cc(C(C)(C)C)c(O)c(C(C)(C)C)c2)cs1. The number of aromatic nitrogens is 1. The molecule has 3 nitrogen and oxygen atoms in total. The molecule has 138 valence electrons. The van der Waals surface area contributed by atoms with Gasteiger partial charge in [-0.3, -0.25) is 0 Å². The number of rotatable bonds is 5. The third-order valence-corrected chi connectivity index (χ3v) is 5.13. The van der Waals surface area contributed by atoms with Crippen molar-refractivity contribution in [3.8, 4) is 17.0 Å². The van der Waals surface area contributed by atoms with Crippen LogP contribution >= 0.6 is 11.3 Å². The largest absolute Gasteiger partial charge is 0.507 e. The van der Waals surface area contributed by atoms with Gasteiger partial charge in [0.1, 0.15) is 10.8 Å². The van der Waals surface area contributed by atoms with Crippen LogP contribution in [0.25, 0.3) is 11.3 Å². The molecule has 0 aliphatic carbocycles. The van der Waals surface area contributed by atoms with Gasteiger partial charge >= 0.3 is 0 Å². The first-order valence-corrected chi connectivity index (χ1v) is 9.95. The van der Waals surface area contributed by atoms with Crippen LogP contribution in [0, 0.1) is 0 Å². The Kier molecular flexibility index (Phi) is 5.95. The number of phenolic OH excluding ortho intramolecular Hbond substituents is 1. The summed E-state index contributed by atoms with van der Waals surface area (Å²) < 4.78 is 0. The molecule has 0 fully saturated rings. The fourth-order valence-electron chi connectivity index (χ4n) is 2.82. The van der Waals surface area contributed by atoms with Crippen molar-refractivity contribution in [1.82, 2.24) is 10.3 Å². The van der Waals surface area contributed by atoms with Gasteiger partial charge in [0, 0.05) is 28.6 Å². The summed E-state index contributed by atoms with van der Waals surface area (Å²) in [5.74, 6) is 0.420. The maximum atomic E-state index is 10.9. The van der Waals surface area contributed by atoms with Gasteiger partial charge < -0.3 is 10.4 Å². The van der Waals surface area contributed by atoms with E-state index in [0.717, 1.165) is 46.9 Å². The van der Waals surface area contributed by atoms with E-state index in [-0.39, 0.29) is 10.8 Å². The van der Waals surface area contributed by atoms with Crippen molar-refractivity contribution in [2.75, 3.05) is 6.54 Å². The maximum absolute atomic E-state index is 10.9. The van der Waals surface area contributed by atoms with Crippen molar-refractivity contribution >= 4 is 11.3 Å².